The van der Waals surface area contributed by atoms with Crippen molar-refractivity contribution in [3.05, 3.63) is 66.9 Å². The molecule has 0 aliphatic heterocycles. The minimum atomic E-state index is -3.37. The molecule has 2 N–H and O–H groups in total. The molecular weight excluding hydrogens is 383 g/mol. The highest BCUT2D eigenvalue weighted by Gasteiger charge is 2.09. The van der Waals surface area contributed by atoms with E-state index in [0.29, 0.717) is 22.5 Å². The molecule has 0 spiro atoms. The van der Waals surface area contributed by atoms with Crippen LogP contribution in [0.5, 0.6) is 0 Å². The molecule has 142 valence electrons. The Balaban J connectivity index is 1.57. The van der Waals surface area contributed by atoms with E-state index in [-0.39, 0.29) is 6.01 Å². The van der Waals surface area contributed by atoms with E-state index >= 15 is 0 Å². The summed E-state index contributed by atoms with van der Waals surface area (Å²) in [6.07, 6.45) is 4.11. The van der Waals surface area contributed by atoms with Gasteiger partial charge in [-0.2, -0.15) is 4.39 Å². The normalized spacial score (nSPS) is 11.5. The van der Waals surface area contributed by atoms with Crippen molar-refractivity contribution in [2.24, 2.45) is 0 Å². The largest absolute Gasteiger partial charge is 0.423 e. The first kappa shape index (κ1) is 17.9. The molecule has 0 radical (unpaired) electrons. The second-order valence-electron chi connectivity index (χ2n) is 6.18. The lowest BCUT2D eigenvalue weighted by atomic mass is 10.1. The van der Waals surface area contributed by atoms with Crippen LogP contribution in [-0.4, -0.2) is 24.6 Å². The van der Waals surface area contributed by atoms with Gasteiger partial charge in [0.2, 0.25) is 16.0 Å². The van der Waals surface area contributed by atoms with E-state index in [1.165, 1.54) is 12.3 Å². The zero-order valence-electron chi connectivity index (χ0n) is 14.7. The molecular formula is C19H15FN4O3S. The van der Waals surface area contributed by atoms with E-state index in [2.05, 4.69) is 20.0 Å². The number of sulfonamides is 1. The molecule has 0 fully saturated rings. The number of nitrogens with one attached hydrogen (secondary N) is 2. The molecule has 4 aromatic rings. The topological polar surface area (TPSA) is 97.1 Å². The SMILES string of the molecule is CS(=O)(=O)Nc1cccc(Nc2ncc(-c3ccc4cnc(F)cc4c3)o2)c1. The third kappa shape index (κ3) is 4.09. The summed E-state index contributed by atoms with van der Waals surface area (Å²) in [5, 5.41) is 4.51. The van der Waals surface area contributed by atoms with Crippen molar-refractivity contribution in [3.8, 4) is 11.3 Å². The highest BCUT2D eigenvalue weighted by atomic mass is 32.2. The van der Waals surface area contributed by atoms with Crippen molar-refractivity contribution >= 4 is 38.2 Å². The highest BCUT2D eigenvalue weighted by molar-refractivity contribution is 7.92. The number of anilines is 3. The molecule has 0 amide bonds. The Hall–Kier alpha value is -3.46. The van der Waals surface area contributed by atoms with Crippen molar-refractivity contribution in [2.75, 3.05) is 16.3 Å². The van der Waals surface area contributed by atoms with Crippen molar-refractivity contribution in [3.63, 3.8) is 0 Å². The average Bonchev–Trinajstić information content (AvgIpc) is 3.08. The van der Waals surface area contributed by atoms with E-state index in [4.69, 9.17) is 4.42 Å². The standard InChI is InChI=1S/C19H15FN4O3S/c1-28(25,26)24-16-4-2-3-15(9-16)23-19-22-11-17(27-19)12-5-6-13-10-21-18(20)8-14(13)7-12/h2-11,24H,1H3,(H,22,23). The summed E-state index contributed by atoms with van der Waals surface area (Å²) >= 11 is 0. The zero-order valence-corrected chi connectivity index (χ0v) is 15.5. The Morgan fingerprint density at radius 1 is 0.964 bits per heavy atom. The predicted octanol–water partition coefficient (Wildman–Crippen LogP) is 4.14. The zero-order chi connectivity index (χ0) is 19.7. The molecule has 2 heterocycles. The van der Waals surface area contributed by atoms with E-state index in [1.807, 2.05) is 12.1 Å². The number of aromatic nitrogens is 2. The van der Waals surface area contributed by atoms with Crippen LogP contribution >= 0.6 is 0 Å². The lowest BCUT2D eigenvalue weighted by molar-refractivity contribution is 0.586. The van der Waals surface area contributed by atoms with Gasteiger partial charge in [0, 0.05) is 28.9 Å². The van der Waals surface area contributed by atoms with Gasteiger partial charge in [0.15, 0.2) is 5.76 Å². The molecule has 0 atom stereocenters. The van der Waals surface area contributed by atoms with E-state index in [1.54, 1.807) is 36.5 Å². The number of pyridine rings is 1. The van der Waals surface area contributed by atoms with Gasteiger partial charge < -0.3 is 9.73 Å². The Kier molecular flexibility index (Phi) is 4.44. The smallest absolute Gasteiger partial charge is 0.299 e. The third-order valence-corrected chi connectivity index (χ3v) is 4.50. The molecule has 0 saturated carbocycles. The first-order chi connectivity index (χ1) is 13.4. The van der Waals surface area contributed by atoms with Crippen LogP contribution in [-0.2, 0) is 10.0 Å². The second kappa shape index (κ2) is 6.93. The maximum Gasteiger partial charge on any atom is 0.299 e. The number of fused-ring (bicyclic) bond motifs is 1. The van der Waals surface area contributed by atoms with Crippen LogP contribution in [0.15, 0.2) is 65.3 Å². The third-order valence-electron chi connectivity index (χ3n) is 3.90. The molecule has 2 aromatic carbocycles. The molecule has 0 bridgehead atoms. The van der Waals surface area contributed by atoms with E-state index in [0.717, 1.165) is 17.2 Å². The van der Waals surface area contributed by atoms with Crippen LogP contribution < -0.4 is 10.0 Å². The Morgan fingerprint density at radius 2 is 1.79 bits per heavy atom. The highest BCUT2D eigenvalue weighted by Crippen LogP contribution is 2.28. The fourth-order valence-electron chi connectivity index (χ4n) is 2.73. The summed E-state index contributed by atoms with van der Waals surface area (Å²) in [4.78, 5) is 7.82. The van der Waals surface area contributed by atoms with Gasteiger partial charge >= 0.3 is 0 Å². The summed E-state index contributed by atoms with van der Waals surface area (Å²) in [6.45, 7) is 0. The number of oxazole rings is 1. The van der Waals surface area contributed by atoms with E-state index in [9.17, 15) is 12.8 Å². The summed E-state index contributed by atoms with van der Waals surface area (Å²) in [6, 6.07) is 13.8. The molecule has 7 nitrogen and oxygen atoms in total. The van der Waals surface area contributed by atoms with Gasteiger partial charge in [-0.25, -0.2) is 18.4 Å². The number of hydrogen-bond acceptors (Lipinski definition) is 6. The molecule has 28 heavy (non-hydrogen) atoms. The van der Waals surface area contributed by atoms with Gasteiger partial charge in [0.25, 0.3) is 6.01 Å². The maximum absolute atomic E-state index is 13.4. The second-order valence-corrected chi connectivity index (χ2v) is 7.93. The van der Waals surface area contributed by atoms with Gasteiger partial charge in [-0.1, -0.05) is 18.2 Å². The first-order valence-corrected chi connectivity index (χ1v) is 10.1. The van der Waals surface area contributed by atoms with Gasteiger partial charge in [-0.05, 0) is 29.7 Å². The summed E-state index contributed by atoms with van der Waals surface area (Å²) in [5.41, 5.74) is 1.77. The van der Waals surface area contributed by atoms with Crippen LogP contribution in [0.1, 0.15) is 0 Å². The minimum Gasteiger partial charge on any atom is -0.423 e. The molecule has 0 aliphatic rings. The molecule has 0 saturated heterocycles. The predicted molar refractivity (Wildman–Crippen MR) is 105 cm³/mol. The Labute approximate surface area is 160 Å². The van der Waals surface area contributed by atoms with Crippen molar-refractivity contribution in [1.29, 1.82) is 0 Å². The average molecular weight is 398 g/mol. The number of halogens is 1. The monoisotopic (exact) mass is 398 g/mol. The van der Waals surface area contributed by atoms with Crippen LogP contribution in [0, 0.1) is 5.95 Å². The van der Waals surface area contributed by atoms with Crippen LogP contribution in [0.3, 0.4) is 0 Å². The fourth-order valence-corrected chi connectivity index (χ4v) is 3.29. The van der Waals surface area contributed by atoms with Gasteiger partial charge in [-0.3, -0.25) is 4.72 Å². The lowest BCUT2D eigenvalue weighted by Crippen LogP contribution is -2.09. The first-order valence-electron chi connectivity index (χ1n) is 8.22. The van der Waals surface area contributed by atoms with Crippen LogP contribution in [0.25, 0.3) is 22.1 Å². The van der Waals surface area contributed by atoms with Crippen LogP contribution in [0.4, 0.5) is 21.8 Å². The van der Waals surface area contributed by atoms with Crippen molar-refractivity contribution in [1.82, 2.24) is 9.97 Å². The molecule has 2 aromatic heterocycles. The Morgan fingerprint density at radius 3 is 2.61 bits per heavy atom. The number of rotatable bonds is 5. The maximum atomic E-state index is 13.4. The number of nitrogens with zero attached hydrogens (tertiary/aromatic N) is 2. The summed E-state index contributed by atoms with van der Waals surface area (Å²) < 4.78 is 44.2. The fraction of sp³-hybridized carbons (Fsp3) is 0.0526. The number of hydrogen-bond donors (Lipinski definition) is 2. The molecule has 4 rings (SSSR count). The Bertz CT molecular complexity index is 1270. The summed E-state index contributed by atoms with van der Waals surface area (Å²) in [5.74, 6) is -0.0424. The molecule has 0 unspecified atom stereocenters. The van der Waals surface area contributed by atoms with E-state index < -0.39 is 16.0 Å². The van der Waals surface area contributed by atoms with Gasteiger partial charge in [0.1, 0.15) is 0 Å². The quantitative estimate of drug-likeness (QED) is 0.490. The lowest BCUT2D eigenvalue weighted by Gasteiger charge is -2.06. The van der Waals surface area contributed by atoms with Crippen LogP contribution in [0.2, 0.25) is 0 Å². The minimum absolute atomic E-state index is 0.243. The molecule has 9 heteroatoms. The summed E-state index contributed by atoms with van der Waals surface area (Å²) in [7, 11) is -3.37. The van der Waals surface area contributed by atoms with Gasteiger partial charge in [-0.15, -0.1) is 0 Å². The van der Waals surface area contributed by atoms with Crippen molar-refractivity contribution in [2.45, 2.75) is 0 Å². The number of benzene rings is 2. The van der Waals surface area contributed by atoms with Crippen molar-refractivity contribution < 1.29 is 17.2 Å². The molecule has 0 aliphatic carbocycles. The van der Waals surface area contributed by atoms with Gasteiger partial charge in [0.05, 0.1) is 18.1 Å².